The van der Waals surface area contributed by atoms with E-state index in [9.17, 15) is 4.79 Å². The average molecular weight is 313 g/mol. The zero-order chi connectivity index (χ0) is 16.1. The number of hydrogen-bond acceptors (Lipinski definition) is 3. The first kappa shape index (κ1) is 15.6. The lowest BCUT2D eigenvalue weighted by Crippen LogP contribution is -2.38. The van der Waals surface area contributed by atoms with Crippen LogP contribution in [0.4, 0.5) is 0 Å². The van der Waals surface area contributed by atoms with Crippen molar-refractivity contribution >= 4 is 5.91 Å². The van der Waals surface area contributed by atoms with E-state index in [0.717, 1.165) is 25.1 Å². The van der Waals surface area contributed by atoms with Crippen LogP contribution in [0.3, 0.4) is 0 Å². The van der Waals surface area contributed by atoms with Gasteiger partial charge in [-0.2, -0.15) is 0 Å². The molecule has 2 aromatic heterocycles. The van der Waals surface area contributed by atoms with E-state index in [0.29, 0.717) is 25.4 Å². The summed E-state index contributed by atoms with van der Waals surface area (Å²) in [6.07, 6.45) is 6.24. The second-order valence-electron chi connectivity index (χ2n) is 5.94. The number of nitrogens with zero attached hydrogens (tertiary/aromatic N) is 3. The third kappa shape index (κ3) is 3.92. The molecule has 0 aromatic carbocycles. The minimum atomic E-state index is -0.0934. The van der Waals surface area contributed by atoms with E-state index >= 15 is 0 Å². The highest BCUT2D eigenvalue weighted by molar-refractivity contribution is 5.76. The van der Waals surface area contributed by atoms with Crippen molar-refractivity contribution in [1.29, 1.82) is 0 Å². The second-order valence-corrected chi connectivity index (χ2v) is 5.94. The lowest BCUT2D eigenvalue weighted by atomic mass is 10.2. The molecular formula is C18H23N3O2. The van der Waals surface area contributed by atoms with E-state index in [2.05, 4.69) is 22.5 Å². The van der Waals surface area contributed by atoms with Gasteiger partial charge in [0.05, 0.1) is 19.6 Å². The Morgan fingerprint density at radius 1 is 1.30 bits per heavy atom. The van der Waals surface area contributed by atoms with Gasteiger partial charge < -0.3 is 14.2 Å². The van der Waals surface area contributed by atoms with E-state index in [1.54, 1.807) is 6.20 Å². The van der Waals surface area contributed by atoms with Gasteiger partial charge in [0, 0.05) is 30.6 Å². The Labute approximate surface area is 136 Å². The maximum atomic E-state index is 12.5. The summed E-state index contributed by atoms with van der Waals surface area (Å²) in [5.41, 5.74) is 1.15. The summed E-state index contributed by atoms with van der Waals surface area (Å²) in [6, 6.07) is 9.72. The normalized spacial score (nSPS) is 17.4. The molecule has 1 aliphatic rings. The van der Waals surface area contributed by atoms with Crippen LogP contribution in [0.25, 0.3) is 0 Å². The quantitative estimate of drug-likeness (QED) is 0.853. The zero-order valence-electron chi connectivity index (χ0n) is 13.5. The zero-order valence-corrected chi connectivity index (χ0v) is 13.5. The topological polar surface area (TPSA) is 47.4 Å². The van der Waals surface area contributed by atoms with Crippen molar-refractivity contribution in [2.45, 2.75) is 45.4 Å². The Bertz CT molecular complexity index is 639. The second kappa shape index (κ2) is 7.31. The van der Waals surface area contributed by atoms with Gasteiger partial charge >= 0.3 is 0 Å². The third-order valence-corrected chi connectivity index (χ3v) is 4.12. The minimum absolute atomic E-state index is 0.0934. The lowest BCUT2D eigenvalue weighted by molar-refractivity contribution is -0.133. The van der Waals surface area contributed by atoms with Gasteiger partial charge in [0.2, 0.25) is 11.8 Å². The molecule has 0 N–H and O–H groups in total. The Kier molecular flexibility index (Phi) is 4.95. The molecule has 23 heavy (non-hydrogen) atoms. The molecule has 0 unspecified atom stereocenters. The highest BCUT2D eigenvalue weighted by Crippen LogP contribution is 2.18. The van der Waals surface area contributed by atoms with Gasteiger partial charge in [0.1, 0.15) is 6.10 Å². The first-order valence-corrected chi connectivity index (χ1v) is 8.25. The van der Waals surface area contributed by atoms with Crippen molar-refractivity contribution in [3.05, 3.63) is 48.4 Å². The molecule has 5 nitrogen and oxygen atoms in total. The SMILES string of the molecule is CCCCC(=O)N1Cc2cccn2C[C@H](Oc2ccccn2)C1. The number of ether oxygens (including phenoxy) is 1. The van der Waals surface area contributed by atoms with Crippen molar-refractivity contribution in [1.82, 2.24) is 14.5 Å². The number of pyridine rings is 1. The van der Waals surface area contributed by atoms with Gasteiger partial charge in [-0.15, -0.1) is 0 Å². The van der Waals surface area contributed by atoms with Crippen LogP contribution in [0, 0.1) is 0 Å². The van der Waals surface area contributed by atoms with Crippen LogP contribution in [-0.2, 0) is 17.9 Å². The summed E-state index contributed by atoms with van der Waals surface area (Å²) in [4.78, 5) is 18.6. The van der Waals surface area contributed by atoms with Crippen LogP contribution in [0.1, 0.15) is 31.9 Å². The fourth-order valence-electron chi connectivity index (χ4n) is 2.89. The fourth-order valence-corrected chi connectivity index (χ4v) is 2.89. The number of carbonyl (C=O) groups excluding carboxylic acids is 1. The van der Waals surface area contributed by atoms with E-state index in [-0.39, 0.29) is 12.0 Å². The molecule has 1 aliphatic heterocycles. The summed E-state index contributed by atoms with van der Waals surface area (Å²) >= 11 is 0. The van der Waals surface area contributed by atoms with Crippen LogP contribution in [-0.4, -0.2) is 33.0 Å². The van der Waals surface area contributed by atoms with Crippen LogP contribution in [0.5, 0.6) is 5.88 Å². The summed E-state index contributed by atoms with van der Waals surface area (Å²) in [5.74, 6) is 0.810. The van der Waals surface area contributed by atoms with Gasteiger partial charge in [-0.1, -0.05) is 19.4 Å². The van der Waals surface area contributed by atoms with Gasteiger partial charge in [-0.05, 0) is 24.6 Å². The van der Waals surface area contributed by atoms with E-state index < -0.39 is 0 Å². The largest absolute Gasteiger partial charge is 0.471 e. The number of carbonyl (C=O) groups is 1. The van der Waals surface area contributed by atoms with E-state index in [1.807, 2.05) is 35.4 Å². The molecule has 1 amide bonds. The minimum Gasteiger partial charge on any atom is -0.471 e. The Morgan fingerprint density at radius 3 is 3.00 bits per heavy atom. The van der Waals surface area contributed by atoms with Gasteiger partial charge in [-0.3, -0.25) is 4.79 Å². The first-order chi connectivity index (χ1) is 11.3. The molecule has 0 saturated heterocycles. The molecule has 122 valence electrons. The predicted octanol–water partition coefficient (Wildman–Crippen LogP) is 2.86. The maximum absolute atomic E-state index is 12.5. The summed E-state index contributed by atoms with van der Waals surface area (Å²) in [5, 5.41) is 0. The molecule has 3 rings (SSSR count). The Balaban J connectivity index is 1.76. The van der Waals surface area contributed by atoms with Crippen molar-refractivity contribution in [3.8, 4) is 5.88 Å². The number of unbranched alkanes of at least 4 members (excludes halogenated alkanes) is 1. The number of fused-ring (bicyclic) bond motifs is 1. The number of rotatable bonds is 5. The van der Waals surface area contributed by atoms with Crippen LogP contribution in [0.2, 0.25) is 0 Å². The molecule has 0 fully saturated rings. The molecule has 2 aromatic rings. The van der Waals surface area contributed by atoms with E-state index in [1.165, 1.54) is 0 Å². The highest BCUT2D eigenvalue weighted by Gasteiger charge is 2.25. The fraction of sp³-hybridized carbons (Fsp3) is 0.444. The summed E-state index contributed by atoms with van der Waals surface area (Å²) < 4.78 is 8.19. The molecule has 0 aliphatic carbocycles. The summed E-state index contributed by atoms with van der Waals surface area (Å²) in [7, 11) is 0. The smallest absolute Gasteiger partial charge is 0.223 e. The van der Waals surface area contributed by atoms with Crippen molar-refractivity contribution in [3.63, 3.8) is 0 Å². The van der Waals surface area contributed by atoms with Gasteiger partial charge in [-0.25, -0.2) is 4.98 Å². The molecule has 0 saturated carbocycles. The molecule has 0 bridgehead atoms. The molecular weight excluding hydrogens is 290 g/mol. The number of aromatic nitrogens is 2. The van der Waals surface area contributed by atoms with E-state index in [4.69, 9.17) is 4.74 Å². The maximum Gasteiger partial charge on any atom is 0.223 e. The third-order valence-electron chi connectivity index (χ3n) is 4.12. The average Bonchev–Trinajstić information content (AvgIpc) is 2.92. The monoisotopic (exact) mass is 313 g/mol. The first-order valence-electron chi connectivity index (χ1n) is 8.25. The summed E-state index contributed by atoms with van der Waals surface area (Å²) in [6.45, 7) is 4.09. The highest BCUT2D eigenvalue weighted by atomic mass is 16.5. The van der Waals surface area contributed by atoms with Gasteiger partial charge in [0.15, 0.2) is 0 Å². The molecule has 1 atom stereocenters. The lowest BCUT2D eigenvalue weighted by Gasteiger charge is -2.24. The van der Waals surface area contributed by atoms with Crippen LogP contribution in [0.15, 0.2) is 42.7 Å². The predicted molar refractivity (Wildman–Crippen MR) is 88.0 cm³/mol. The molecule has 5 heteroatoms. The van der Waals surface area contributed by atoms with Crippen LogP contribution >= 0.6 is 0 Å². The Hall–Kier alpha value is -2.30. The molecule has 3 heterocycles. The standard InChI is InChI=1S/C18H23N3O2/c1-2-3-9-18(22)21-12-15-7-6-11-20(15)13-16(14-21)23-17-8-4-5-10-19-17/h4-8,10-11,16H,2-3,9,12-14H2,1H3/t16-/m0/s1. The molecule has 0 radical (unpaired) electrons. The van der Waals surface area contributed by atoms with Crippen molar-refractivity contribution in [2.24, 2.45) is 0 Å². The van der Waals surface area contributed by atoms with Crippen molar-refractivity contribution in [2.75, 3.05) is 6.54 Å². The van der Waals surface area contributed by atoms with Crippen molar-refractivity contribution < 1.29 is 9.53 Å². The molecule has 0 spiro atoms. The Morgan fingerprint density at radius 2 is 2.22 bits per heavy atom. The number of hydrogen-bond donors (Lipinski definition) is 0. The van der Waals surface area contributed by atoms with Gasteiger partial charge in [0.25, 0.3) is 0 Å². The number of amides is 1. The van der Waals surface area contributed by atoms with Crippen LogP contribution < -0.4 is 4.74 Å².